The van der Waals surface area contributed by atoms with Gasteiger partial charge in [0, 0.05) is 0 Å². The number of rotatable bonds is 5. The van der Waals surface area contributed by atoms with E-state index in [-0.39, 0.29) is 11.6 Å². The highest BCUT2D eigenvalue weighted by molar-refractivity contribution is 6.04. The molecule has 0 aliphatic carbocycles. The predicted octanol–water partition coefficient (Wildman–Crippen LogP) is 4.68. The predicted molar refractivity (Wildman–Crippen MR) is 85.3 cm³/mol. The number of benzene rings is 2. The Kier molecular flexibility index (Phi) is 5.22. The molecule has 0 spiro atoms. The van der Waals surface area contributed by atoms with Crippen LogP contribution in [0.5, 0.6) is 0 Å². The van der Waals surface area contributed by atoms with Crippen molar-refractivity contribution in [1.82, 2.24) is 0 Å². The third kappa shape index (κ3) is 4.84. The number of carbonyl (C=O) groups excluding carboxylic acids is 1. The second-order valence-electron chi connectivity index (χ2n) is 4.72. The van der Waals surface area contributed by atoms with Gasteiger partial charge in [0.1, 0.15) is 5.82 Å². The molecule has 0 saturated carbocycles. The van der Waals surface area contributed by atoms with Gasteiger partial charge in [-0.3, -0.25) is 4.79 Å². The van der Waals surface area contributed by atoms with Crippen LogP contribution in [0.3, 0.4) is 0 Å². The molecule has 2 heteroatoms. The maximum atomic E-state index is 13.0. The summed E-state index contributed by atoms with van der Waals surface area (Å²) in [5.74, 6) is -0.433. The van der Waals surface area contributed by atoms with Gasteiger partial charge in [-0.25, -0.2) is 4.39 Å². The van der Waals surface area contributed by atoms with E-state index in [1.54, 1.807) is 24.3 Å². The minimum absolute atomic E-state index is 0.124. The Bertz CT molecular complexity index is 683. The summed E-state index contributed by atoms with van der Waals surface area (Å²) in [6, 6.07) is 14.2. The van der Waals surface area contributed by atoms with Gasteiger partial charge in [-0.1, -0.05) is 55.5 Å². The Labute approximate surface area is 124 Å². The molecule has 2 aromatic rings. The number of allylic oxidation sites excluding steroid dienone is 2. The summed E-state index contributed by atoms with van der Waals surface area (Å²) in [5.41, 5.74) is 2.91. The smallest absolute Gasteiger partial charge is 0.178 e. The zero-order valence-electron chi connectivity index (χ0n) is 11.9. The van der Waals surface area contributed by atoms with Crippen molar-refractivity contribution < 1.29 is 9.18 Å². The van der Waals surface area contributed by atoms with E-state index in [9.17, 15) is 9.18 Å². The standard InChI is InChI=1S/C19H17FO/c1-2-15-5-3-6-16(13-15)9-11-19(21)12-10-17-7-4-8-18(20)14-17/h3-14H,2H2,1H3/b11-9+,12-10+. The fourth-order valence-corrected chi connectivity index (χ4v) is 1.94. The molecule has 1 nitrogen and oxygen atoms in total. The van der Waals surface area contributed by atoms with Crippen LogP contribution >= 0.6 is 0 Å². The maximum absolute atomic E-state index is 13.0. The molecule has 0 radical (unpaired) electrons. The number of hydrogen-bond acceptors (Lipinski definition) is 1. The Morgan fingerprint density at radius 2 is 1.62 bits per heavy atom. The number of hydrogen-bond donors (Lipinski definition) is 0. The lowest BCUT2D eigenvalue weighted by atomic mass is 10.1. The molecule has 21 heavy (non-hydrogen) atoms. The van der Waals surface area contributed by atoms with Gasteiger partial charge in [0.05, 0.1) is 0 Å². The third-order valence-corrected chi connectivity index (χ3v) is 3.09. The van der Waals surface area contributed by atoms with Crippen LogP contribution in [-0.2, 0) is 11.2 Å². The van der Waals surface area contributed by atoms with Crippen molar-refractivity contribution in [2.45, 2.75) is 13.3 Å². The lowest BCUT2D eigenvalue weighted by Gasteiger charge is -1.97. The molecule has 0 fully saturated rings. The Balaban J connectivity index is 2.02. The van der Waals surface area contributed by atoms with E-state index in [2.05, 4.69) is 19.1 Å². The first-order chi connectivity index (χ1) is 10.2. The van der Waals surface area contributed by atoms with Crippen LogP contribution in [0.25, 0.3) is 12.2 Å². The van der Waals surface area contributed by atoms with Crippen LogP contribution < -0.4 is 0 Å². The van der Waals surface area contributed by atoms with E-state index >= 15 is 0 Å². The molecular formula is C19H17FO. The number of carbonyl (C=O) groups is 1. The van der Waals surface area contributed by atoms with Gasteiger partial charge in [0.15, 0.2) is 5.78 Å². The fourth-order valence-electron chi connectivity index (χ4n) is 1.94. The maximum Gasteiger partial charge on any atom is 0.178 e. The highest BCUT2D eigenvalue weighted by Crippen LogP contribution is 2.08. The highest BCUT2D eigenvalue weighted by Gasteiger charge is 1.94. The van der Waals surface area contributed by atoms with Crippen LogP contribution in [-0.4, -0.2) is 5.78 Å². The number of aryl methyl sites for hydroxylation is 1. The van der Waals surface area contributed by atoms with Crippen LogP contribution in [0, 0.1) is 5.82 Å². The summed E-state index contributed by atoms with van der Waals surface area (Å²) < 4.78 is 13.0. The molecule has 0 aliphatic rings. The van der Waals surface area contributed by atoms with E-state index < -0.39 is 0 Å². The van der Waals surface area contributed by atoms with E-state index in [1.807, 2.05) is 12.1 Å². The normalized spacial score (nSPS) is 11.3. The average Bonchev–Trinajstić information content (AvgIpc) is 2.51. The Morgan fingerprint density at radius 3 is 2.24 bits per heavy atom. The van der Waals surface area contributed by atoms with Gasteiger partial charge in [0.25, 0.3) is 0 Å². The molecule has 106 valence electrons. The first-order valence-electron chi connectivity index (χ1n) is 6.92. The molecule has 2 rings (SSSR count). The van der Waals surface area contributed by atoms with Crippen LogP contribution in [0.1, 0.15) is 23.6 Å². The highest BCUT2D eigenvalue weighted by atomic mass is 19.1. The second-order valence-corrected chi connectivity index (χ2v) is 4.72. The van der Waals surface area contributed by atoms with Crippen LogP contribution in [0.4, 0.5) is 4.39 Å². The van der Waals surface area contributed by atoms with Crippen molar-refractivity contribution >= 4 is 17.9 Å². The third-order valence-electron chi connectivity index (χ3n) is 3.09. The van der Waals surface area contributed by atoms with E-state index in [4.69, 9.17) is 0 Å². The Morgan fingerprint density at radius 1 is 1.00 bits per heavy atom. The summed E-state index contributed by atoms with van der Waals surface area (Å²) in [4.78, 5) is 11.8. The summed E-state index contributed by atoms with van der Waals surface area (Å²) in [7, 11) is 0. The van der Waals surface area contributed by atoms with Crippen molar-refractivity contribution in [3.8, 4) is 0 Å². The molecule has 0 heterocycles. The molecule has 0 aromatic heterocycles. The van der Waals surface area contributed by atoms with E-state index in [0.29, 0.717) is 5.56 Å². The lowest BCUT2D eigenvalue weighted by molar-refractivity contribution is -0.110. The second kappa shape index (κ2) is 7.34. The number of ketones is 1. The molecular weight excluding hydrogens is 263 g/mol. The van der Waals surface area contributed by atoms with E-state index in [0.717, 1.165) is 12.0 Å². The molecule has 0 saturated heterocycles. The van der Waals surface area contributed by atoms with Gasteiger partial charge in [-0.15, -0.1) is 0 Å². The zero-order chi connectivity index (χ0) is 15.1. The number of halogens is 1. The SMILES string of the molecule is CCc1cccc(/C=C/C(=O)/C=C/c2cccc(F)c2)c1. The van der Waals surface area contributed by atoms with Gasteiger partial charge in [-0.05, 0) is 47.4 Å². The van der Waals surface area contributed by atoms with Gasteiger partial charge < -0.3 is 0 Å². The van der Waals surface area contributed by atoms with Crippen molar-refractivity contribution in [2.75, 3.05) is 0 Å². The summed E-state index contributed by atoms with van der Waals surface area (Å²) in [6.45, 7) is 2.09. The zero-order valence-corrected chi connectivity index (χ0v) is 11.9. The van der Waals surface area contributed by atoms with Crippen molar-refractivity contribution in [1.29, 1.82) is 0 Å². The summed E-state index contributed by atoms with van der Waals surface area (Å²) >= 11 is 0. The molecule has 2 aromatic carbocycles. The quantitative estimate of drug-likeness (QED) is 0.726. The minimum Gasteiger partial charge on any atom is -0.290 e. The van der Waals surface area contributed by atoms with Gasteiger partial charge >= 0.3 is 0 Å². The molecule has 0 amide bonds. The molecule has 0 unspecified atom stereocenters. The van der Waals surface area contributed by atoms with Crippen LogP contribution in [0.2, 0.25) is 0 Å². The van der Waals surface area contributed by atoms with Gasteiger partial charge in [-0.2, -0.15) is 0 Å². The van der Waals surface area contributed by atoms with E-state index in [1.165, 1.54) is 29.8 Å². The minimum atomic E-state index is -0.309. The van der Waals surface area contributed by atoms with Gasteiger partial charge in [0.2, 0.25) is 0 Å². The van der Waals surface area contributed by atoms with Crippen molar-refractivity contribution in [3.63, 3.8) is 0 Å². The molecule has 0 N–H and O–H groups in total. The summed E-state index contributed by atoms with van der Waals surface area (Å²) in [5, 5.41) is 0. The topological polar surface area (TPSA) is 17.1 Å². The molecule has 0 aliphatic heterocycles. The fraction of sp³-hybridized carbons (Fsp3) is 0.105. The van der Waals surface area contributed by atoms with Crippen LogP contribution in [0.15, 0.2) is 60.7 Å². The first-order valence-corrected chi connectivity index (χ1v) is 6.92. The van der Waals surface area contributed by atoms with Crippen molar-refractivity contribution in [2.24, 2.45) is 0 Å². The first kappa shape index (κ1) is 14.9. The Hall–Kier alpha value is -2.48. The van der Waals surface area contributed by atoms with Crippen molar-refractivity contribution in [3.05, 3.63) is 83.2 Å². The summed E-state index contributed by atoms with van der Waals surface area (Å²) in [6.07, 6.45) is 7.32. The molecule has 0 atom stereocenters. The average molecular weight is 280 g/mol. The largest absolute Gasteiger partial charge is 0.290 e. The molecule has 0 bridgehead atoms. The monoisotopic (exact) mass is 280 g/mol. The lowest BCUT2D eigenvalue weighted by Crippen LogP contribution is -1.86.